The second-order valence-corrected chi connectivity index (χ2v) is 22.4. The van der Waals surface area contributed by atoms with E-state index in [0.29, 0.717) is 88.0 Å². The maximum Gasteiger partial charge on any atom is 0.416 e. The van der Waals surface area contributed by atoms with Gasteiger partial charge in [-0.2, -0.15) is 52.7 Å². The molecule has 23 heteroatoms. The number of fused-ring (bicyclic) bond motifs is 2. The lowest BCUT2D eigenvalue weighted by Gasteiger charge is -2.41. The van der Waals surface area contributed by atoms with Crippen molar-refractivity contribution in [1.29, 1.82) is 0 Å². The lowest BCUT2D eigenvalue weighted by atomic mass is 9.69. The molecule has 10 atom stereocenters. The van der Waals surface area contributed by atoms with E-state index in [1.165, 1.54) is 24.3 Å². The summed E-state index contributed by atoms with van der Waals surface area (Å²) in [7, 11) is 0. The predicted molar refractivity (Wildman–Crippen MR) is 265 cm³/mol. The summed E-state index contributed by atoms with van der Waals surface area (Å²) in [6.07, 6.45) is -20.3. The van der Waals surface area contributed by atoms with Crippen LogP contribution >= 0.6 is 0 Å². The Balaban J connectivity index is 0.000000212. The Morgan fingerprint density at radius 1 is 0.556 bits per heavy atom. The predicted octanol–water partition coefficient (Wildman–Crippen LogP) is 14.0. The van der Waals surface area contributed by atoms with Crippen molar-refractivity contribution in [3.8, 4) is 0 Å². The zero-order valence-corrected chi connectivity index (χ0v) is 44.0. The number of hydrogen-bond acceptors (Lipinski definition) is 8. The van der Waals surface area contributed by atoms with E-state index in [9.17, 15) is 81.3 Å². The molecule has 2 N–H and O–H groups in total. The summed E-state index contributed by atoms with van der Waals surface area (Å²) in [6.45, 7) is 5.48. The summed E-state index contributed by atoms with van der Waals surface area (Å²) < 4.78 is 207. The van der Waals surface area contributed by atoms with Gasteiger partial charge in [-0.1, -0.05) is 24.3 Å². The number of nitrogens with zero attached hydrogens (tertiary/aromatic N) is 2. The Labute approximate surface area is 457 Å². The zero-order chi connectivity index (χ0) is 59.1. The highest BCUT2D eigenvalue weighted by molar-refractivity contribution is 5.92. The van der Waals surface area contributed by atoms with Crippen molar-refractivity contribution in [2.24, 2.45) is 23.7 Å². The third kappa shape index (κ3) is 14.7. The summed E-state index contributed by atoms with van der Waals surface area (Å²) in [5.74, 6) is -1.74. The van der Waals surface area contributed by atoms with Gasteiger partial charge in [0.05, 0.1) is 47.7 Å². The van der Waals surface area contributed by atoms with E-state index in [1.54, 1.807) is 56.0 Å². The van der Waals surface area contributed by atoms with Gasteiger partial charge in [0.15, 0.2) is 5.78 Å². The van der Waals surface area contributed by atoms with Gasteiger partial charge < -0.3 is 34.2 Å². The van der Waals surface area contributed by atoms with Crippen LogP contribution in [0.25, 0.3) is 0 Å². The number of carbonyl (C=O) groups excluding carboxylic acids is 2. The van der Waals surface area contributed by atoms with E-state index in [2.05, 4.69) is 4.90 Å². The second-order valence-electron chi connectivity index (χ2n) is 22.4. The number of aliphatic hydroxyl groups is 2. The fourth-order valence-corrected chi connectivity index (χ4v) is 12.2. The minimum Gasteiger partial charge on any atom is -0.444 e. The smallest absolute Gasteiger partial charge is 0.416 e. The average Bonchev–Trinajstić information content (AvgIpc) is 4.38. The van der Waals surface area contributed by atoms with Crippen LogP contribution in [0, 0.1) is 35.3 Å². The first-order chi connectivity index (χ1) is 37.8. The number of halogens is 14. The molecule has 0 spiro atoms. The van der Waals surface area contributed by atoms with Crippen molar-refractivity contribution in [2.45, 2.75) is 126 Å². The van der Waals surface area contributed by atoms with E-state index >= 15 is 0 Å². The molecular weight excluding hydrogens is 1100 g/mol. The molecule has 442 valence electrons. The molecule has 4 aromatic rings. The standard InChI is InChI=1S/C29H32F7NO4.C29H28F7NO3/c1-27(2,3)41-26(39)37-13-17-6-9-23(25(22(17)14-37)16-4-7-21(30)8-5-16)40-24(15-38)18-10-19(28(31,32)33)12-20(11-18)29(34,35)36;30-21-4-1-16(2-5-21)27-24-14-37(22-6-7-23(39)12-22)13-17(24)3-8-25(27)40-26(15-38)18-9-19(28(31,32)33)11-20(10-18)29(34,35)36/h4-5,7-8,10-12,17,22-25,38H,6,9,13-15H2,1-3H3;1-2,4-5,9-12,17,24-27,38H,3,6-8,13-15H2/t17-,22-,23+,24+,25+;17-,24-,25+,26+,27+/m11/s1. The van der Waals surface area contributed by atoms with Gasteiger partial charge in [0, 0.05) is 56.2 Å². The highest BCUT2D eigenvalue weighted by atomic mass is 19.4. The molecule has 2 saturated carbocycles. The number of amides is 1. The molecule has 0 aromatic heterocycles. The van der Waals surface area contributed by atoms with Gasteiger partial charge in [-0.15, -0.1) is 0 Å². The number of carbonyl (C=O) groups is 2. The third-order valence-electron chi connectivity index (χ3n) is 15.8. The van der Waals surface area contributed by atoms with Gasteiger partial charge in [0.25, 0.3) is 0 Å². The van der Waals surface area contributed by atoms with Crippen molar-refractivity contribution in [3.63, 3.8) is 0 Å². The molecule has 2 heterocycles. The molecule has 0 unspecified atom stereocenters. The maximum absolute atomic E-state index is 13.8. The molecular formula is C58H60F14N2O7. The molecule has 81 heavy (non-hydrogen) atoms. The number of rotatable bonds is 11. The Morgan fingerprint density at radius 3 is 1.31 bits per heavy atom. The first-order valence-corrected chi connectivity index (χ1v) is 26.4. The Hall–Kier alpha value is -5.78. The van der Waals surface area contributed by atoms with Crippen LogP contribution in [-0.2, 0) is 43.7 Å². The highest BCUT2D eigenvalue weighted by Crippen LogP contribution is 2.51. The van der Waals surface area contributed by atoms with Crippen LogP contribution in [0.15, 0.2) is 96.7 Å². The van der Waals surface area contributed by atoms with Crippen LogP contribution in [-0.4, -0.2) is 89.1 Å². The molecule has 1 amide bonds. The number of ketones is 1. The Kier molecular flexibility index (Phi) is 18.0. The SMILES string of the molecule is CC(C)(C)OC(=O)N1C[C@H]2CC[C@H](O[C@@H](CO)c3cc(C(F)(F)F)cc(C(F)(F)F)c3)[C@@H](c3ccc(F)cc3)[C@@H]2C1.O=C1C=C(N2C[C@H]3CC[C@H](O[C@@H](CO)c4cc(C(F)(F)F)cc(C(F)(F)F)c4)[C@@H](c4ccc(F)cc4)[C@@H]3C2)CC1. The summed E-state index contributed by atoms with van der Waals surface area (Å²) >= 11 is 0. The van der Waals surface area contributed by atoms with Crippen LogP contribution in [0.5, 0.6) is 0 Å². The van der Waals surface area contributed by atoms with E-state index < -0.39 is 125 Å². The van der Waals surface area contributed by atoms with Gasteiger partial charge in [-0.3, -0.25) is 4.79 Å². The van der Waals surface area contributed by atoms with Gasteiger partial charge >= 0.3 is 30.8 Å². The average molecular weight is 1160 g/mol. The quantitative estimate of drug-likeness (QED) is 0.143. The minimum atomic E-state index is -5.06. The third-order valence-corrected chi connectivity index (χ3v) is 15.8. The molecule has 0 radical (unpaired) electrons. The zero-order valence-electron chi connectivity index (χ0n) is 44.0. The van der Waals surface area contributed by atoms with Gasteiger partial charge in [-0.05, 0) is 159 Å². The van der Waals surface area contributed by atoms with E-state index in [4.69, 9.17) is 14.2 Å². The fourth-order valence-electron chi connectivity index (χ4n) is 12.2. The summed E-state index contributed by atoms with van der Waals surface area (Å²) in [5, 5.41) is 20.2. The van der Waals surface area contributed by atoms with Crippen LogP contribution in [0.1, 0.15) is 128 Å². The highest BCUT2D eigenvalue weighted by Gasteiger charge is 2.50. The minimum absolute atomic E-state index is 0.00962. The monoisotopic (exact) mass is 1160 g/mol. The lowest BCUT2D eigenvalue weighted by Crippen LogP contribution is -2.39. The number of aliphatic hydroxyl groups excluding tert-OH is 2. The van der Waals surface area contributed by atoms with Crippen molar-refractivity contribution < 1.29 is 95.5 Å². The number of likely N-dealkylation sites (tertiary alicyclic amines) is 2. The van der Waals surface area contributed by atoms with E-state index in [-0.39, 0.29) is 54.1 Å². The van der Waals surface area contributed by atoms with Crippen molar-refractivity contribution >= 4 is 11.9 Å². The lowest BCUT2D eigenvalue weighted by molar-refractivity contribution is -0.145. The number of alkyl halides is 12. The normalized spacial score (nSPS) is 25.2. The first-order valence-electron chi connectivity index (χ1n) is 26.4. The molecule has 5 aliphatic rings. The van der Waals surface area contributed by atoms with E-state index in [1.807, 2.05) is 0 Å². The molecule has 4 aromatic carbocycles. The Bertz CT molecular complexity index is 2820. The number of benzene rings is 4. The molecule has 9 nitrogen and oxygen atoms in total. The molecule has 3 aliphatic carbocycles. The van der Waals surface area contributed by atoms with Crippen LogP contribution < -0.4 is 0 Å². The second kappa shape index (κ2) is 23.8. The number of ether oxygens (including phenoxy) is 3. The van der Waals surface area contributed by atoms with Crippen LogP contribution in [0.3, 0.4) is 0 Å². The van der Waals surface area contributed by atoms with Crippen molar-refractivity contribution in [1.82, 2.24) is 9.80 Å². The fraction of sp³-hybridized carbons (Fsp3) is 0.517. The maximum atomic E-state index is 13.8. The molecule has 4 fully saturated rings. The largest absolute Gasteiger partial charge is 0.444 e. The van der Waals surface area contributed by atoms with Gasteiger partial charge in [0.1, 0.15) is 29.4 Å². The summed E-state index contributed by atoms with van der Waals surface area (Å²) in [6, 6.07) is 13.7. The van der Waals surface area contributed by atoms with Gasteiger partial charge in [0.2, 0.25) is 0 Å². The van der Waals surface area contributed by atoms with Gasteiger partial charge in [-0.25, -0.2) is 13.6 Å². The van der Waals surface area contributed by atoms with Crippen LogP contribution in [0.2, 0.25) is 0 Å². The molecule has 0 bridgehead atoms. The molecule has 2 aliphatic heterocycles. The number of allylic oxidation sites excluding steroid dienone is 2. The Morgan fingerprint density at radius 2 is 0.951 bits per heavy atom. The molecule has 9 rings (SSSR count). The summed E-state index contributed by atoms with van der Waals surface area (Å²) in [5.41, 5.74) is -5.26. The van der Waals surface area contributed by atoms with Crippen molar-refractivity contribution in [2.75, 3.05) is 39.4 Å². The van der Waals surface area contributed by atoms with E-state index in [0.717, 1.165) is 11.3 Å². The summed E-state index contributed by atoms with van der Waals surface area (Å²) in [4.78, 5) is 28.4. The topological polar surface area (TPSA) is 109 Å². The first kappa shape index (κ1) is 61.3. The van der Waals surface area contributed by atoms with Crippen molar-refractivity contribution in [3.05, 3.63) is 153 Å². The number of hydrogen-bond donors (Lipinski definition) is 2. The van der Waals surface area contributed by atoms with Crippen LogP contribution in [0.4, 0.5) is 66.3 Å². The molecule has 2 saturated heterocycles.